The molecular weight excluding hydrogens is 408 g/mol. The minimum absolute atomic E-state index is 0.106. The Balaban J connectivity index is 1.66. The summed E-state index contributed by atoms with van der Waals surface area (Å²) in [4.78, 5) is 50.1. The van der Waals surface area contributed by atoms with Crippen LogP contribution in [0.3, 0.4) is 0 Å². The Hall–Kier alpha value is -3.19. The Labute approximate surface area is 178 Å². The maximum absolute atomic E-state index is 12.8. The van der Waals surface area contributed by atoms with Gasteiger partial charge in [-0.1, -0.05) is 41.9 Å². The molecule has 0 aliphatic carbocycles. The molecule has 0 radical (unpaired) electrons. The number of aliphatic carboxylic acids is 1. The van der Waals surface area contributed by atoms with Crippen LogP contribution in [0.2, 0.25) is 5.02 Å². The molecule has 1 aliphatic heterocycles. The van der Waals surface area contributed by atoms with Crippen molar-refractivity contribution in [3.05, 3.63) is 64.7 Å². The van der Waals surface area contributed by atoms with E-state index in [9.17, 15) is 24.3 Å². The number of likely N-dealkylation sites (tertiary alicyclic amines) is 1. The van der Waals surface area contributed by atoms with E-state index in [4.69, 9.17) is 11.6 Å². The Morgan fingerprint density at radius 1 is 1.07 bits per heavy atom. The van der Waals surface area contributed by atoms with Crippen molar-refractivity contribution >= 4 is 40.9 Å². The Kier molecular flexibility index (Phi) is 6.84. The number of carbonyl (C=O) groups excluding carboxylic acids is 3. The molecule has 3 rings (SSSR count). The Morgan fingerprint density at radius 2 is 1.80 bits per heavy atom. The number of halogens is 1. The number of ketones is 1. The summed E-state index contributed by atoms with van der Waals surface area (Å²) in [6.45, 7) is 0.379. The van der Waals surface area contributed by atoms with E-state index in [0.29, 0.717) is 35.7 Å². The fraction of sp³-hybridized carbons (Fsp3) is 0.273. The monoisotopic (exact) mass is 428 g/mol. The van der Waals surface area contributed by atoms with Gasteiger partial charge in [0.25, 0.3) is 0 Å². The third kappa shape index (κ3) is 5.04. The molecule has 0 aromatic heterocycles. The normalized spacial score (nSPS) is 15.6. The van der Waals surface area contributed by atoms with Crippen LogP contribution in [0, 0.1) is 0 Å². The molecule has 0 saturated carbocycles. The zero-order valence-electron chi connectivity index (χ0n) is 16.1. The fourth-order valence-electron chi connectivity index (χ4n) is 3.46. The van der Waals surface area contributed by atoms with Crippen LogP contribution >= 0.6 is 11.6 Å². The smallest absolute Gasteiger partial charge is 0.326 e. The molecule has 2 aromatic rings. The maximum Gasteiger partial charge on any atom is 0.326 e. The van der Waals surface area contributed by atoms with Gasteiger partial charge in [0.1, 0.15) is 6.04 Å². The first kappa shape index (κ1) is 21.5. The molecule has 0 spiro atoms. The van der Waals surface area contributed by atoms with E-state index in [0.717, 1.165) is 0 Å². The van der Waals surface area contributed by atoms with Crippen molar-refractivity contribution in [2.45, 2.75) is 31.7 Å². The fourth-order valence-corrected chi connectivity index (χ4v) is 3.63. The number of nitrogens with one attached hydrogen (secondary N) is 1. The van der Waals surface area contributed by atoms with Gasteiger partial charge in [-0.25, -0.2) is 4.79 Å². The van der Waals surface area contributed by atoms with E-state index in [1.165, 1.54) is 11.0 Å². The predicted molar refractivity (Wildman–Crippen MR) is 112 cm³/mol. The molecule has 2 aromatic carbocycles. The quantitative estimate of drug-likeness (QED) is 0.658. The summed E-state index contributed by atoms with van der Waals surface area (Å²) in [5.74, 6) is -2.13. The summed E-state index contributed by atoms with van der Waals surface area (Å²) in [6, 6.07) is 12.4. The molecule has 1 fully saturated rings. The third-order valence-corrected chi connectivity index (χ3v) is 5.20. The molecule has 1 aliphatic rings. The van der Waals surface area contributed by atoms with E-state index in [2.05, 4.69) is 5.32 Å². The van der Waals surface area contributed by atoms with E-state index in [1.807, 2.05) is 0 Å². The second-order valence-electron chi connectivity index (χ2n) is 7.02. The lowest BCUT2D eigenvalue weighted by Crippen LogP contribution is -2.40. The highest BCUT2D eigenvalue weighted by molar-refractivity contribution is 6.31. The largest absolute Gasteiger partial charge is 0.480 e. The number of anilines is 1. The zero-order valence-corrected chi connectivity index (χ0v) is 16.9. The number of rotatable bonds is 7. The first-order valence-electron chi connectivity index (χ1n) is 9.58. The molecule has 2 N–H and O–H groups in total. The van der Waals surface area contributed by atoms with Gasteiger partial charge in [-0.2, -0.15) is 0 Å². The molecule has 1 heterocycles. The van der Waals surface area contributed by atoms with Crippen LogP contribution in [-0.2, 0) is 14.4 Å². The van der Waals surface area contributed by atoms with Crippen LogP contribution in [0.25, 0.3) is 0 Å². The van der Waals surface area contributed by atoms with Crippen molar-refractivity contribution in [3.63, 3.8) is 0 Å². The highest BCUT2D eigenvalue weighted by atomic mass is 35.5. The summed E-state index contributed by atoms with van der Waals surface area (Å²) in [6.07, 6.45) is 0.821. The Morgan fingerprint density at radius 3 is 2.50 bits per heavy atom. The molecule has 2 amide bonds. The number of benzene rings is 2. The lowest BCUT2D eigenvalue weighted by molar-refractivity contribution is -0.148. The van der Waals surface area contributed by atoms with Gasteiger partial charge in [-0.15, -0.1) is 0 Å². The van der Waals surface area contributed by atoms with Gasteiger partial charge >= 0.3 is 5.97 Å². The minimum atomic E-state index is -1.03. The average molecular weight is 429 g/mol. The van der Waals surface area contributed by atoms with E-state index in [1.54, 1.807) is 42.5 Å². The second-order valence-corrected chi connectivity index (χ2v) is 7.45. The van der Waals surface area contributed by atoms with Gasteiger partial charge in [0.2, 0.25) is 11.8 Å². The number of carbonyl (C=O) groups is 4. The average Bonchev–Trinajstić information content (AvgIpc) is 3.24. The first-order valence-corrected chi connectivity index (χ1v) is 9.96. The molecule has 1 atom stereocenters. The third-order valence-electron chi connectivity index (χ3n) is 4.96. The number of hydrogen-bond donors (Lipinski definition) is 2. The number of nitrogens with zero attached hydrogens (tertiary/aromatic N) is 1. The van der Waals surface area contributed by atoms with Crippen molar-refractivity contribution in [2.24, 2.45) is 0 Å². The lowest BCUT2D eigenvalue weighted by Gasteiger charge is -2.21. The van der Waals surface area contributed by atoms with Crippen molar-refractivity contribution in [1.29, 1.82) is 0 Å². The van der Waals surface area contributed by atoms with E-state index in [-0.39, 0.29) is 30.1 Å². The van der Waals surface area contributed by atoms with Gasteiger partial charge in [0.05, 0.1) is 5.69 Å². The maximum atomic E-state index is 12.8. The number of hydrogen-bond acceptors (Lipinski definition) is 4. The van der Waals surface area contributed by atoms with Gasteiger partial charge in [-0.3, -0.25) is 14.4 Å². The molecule has 1 saturated heterocycles. The summed E-state index contributed by atoms with van der Waals surface area (Å²) in [5.41, 5.74) is 1.01. The van der Waals surface area contributed by atoms with Crippen LogP contribution in [0.15, 0.2) is 48.5 Å². The highest BCUT2D eigenvalue weighted by Gasteiger charge is 2.33. The van der Waals surface area contributed by atoms with Gasteiger partial charge in [0.15, 0.2) is 5.78 Å². The van der Waals surface area contributed by atoms with Crippen LogP contribution < -0.4 is 5.32 Å². The first-order chi connectivity index (χ1) is 14.4. The van der Waals surface area contributed by atoms with Crippen molar-refractivity contribution in [3.8, 4) is 0 Å². The highest BCUT2D eigenvalue weighted by Crippen LogP contribution is 2.24. The van der Waals surface area contributed by atoms with E-state index >= 15 is 0 Å². The SMILES string of the molecule is O=C(CCC(=O)N1CCCC1C(=O)O)Nc1ccc(Cl)cc1C(=O)c1ccccc1. The van der Waals surface area contributed by atoms with Gasteiger partial charge < -0.3 is 15.3 Å². The molecule has 8 heteroatoms. The minimum Gasteiger partial charge on any atom is -0.480 e. The standard InChI is InChI=1S/C22H21ClN2O5/c23-15-8-9-17(16(13-15)21(28)14-5-2-1-3-6-14)24-19(26)10-11-20(27)25-12-4-7-18(25)22(29)30/h1-3,5-6,8-9,13,18H,4,7,10-12H2,(H,24,26)(H,29,30). The summed E-state index contributed by atoms with van der Waals surface area (Å²) in [5, 5.41) is 12.2. The molecule has 0 bridgehead atoms. The van der Waals surface area contributed by atoms with Crippen LogP contribution in [0.4, 0.5) is 5.69 Å². The number of carboxylic acids is 1. The Bertz CT molecular complexity index is 977. The lowest BCUT2D eigenvalue weighted by atomic mass is 10.0. The molecular formula is C22H21ClN2O5. The molecule has 1 unspecified atom stereocenters. The van der Waals surface area contributed by atoms with Gasteiger partial charge in [-0.05, 0) is 31.0 Å². The van der Waals surface area contributed by atoms with E-state index < -0.39 is 17.9 Å². The van der Waals surface area contributed by atoms with Crippen molar-refractivity contribution < 1.29 is 24.3 Å². The molecule has 7 nitrogen and oxygen atoms in total. The number of carboxylic acid groups (broad SMARTS) is 1. The van der Waals surface area contributed by atoms with Crippen LogP contribution in [-0.4, -0.2) is 46.2 Å². The topological polar surface area (TPSA) is 104 Å². The van der Waals surface area contributed by atoms with Crippen LogP contribution in [0.1, 0.15) is 41.6 Å². The summed E-state index contributed by atoms with van der Waals surface area (Å²) < 4.78 is 0. The summed E-state index contributed by atoms with van der Waals surface area (Å²) >= 11 is 6.04. The van der Waals surface area contributed by atoms with Crippen molar-refractivity contribution in [1.82, 2.24) is 4.90 Å². The molecule has 30 heavy (non-hydrogen) atoms. The van der Waals surface area contributed by atoms with Crippen molar-refractivity contribution in [2.75, 3.05) is 11.9 Å². The van der Waals surface area contributed by atoms with Crippen LogP contribution in [0.5, 0.6) is 0 Å². The predicted octanol–water partition coefficient (Wildman–Crippen LogP) is 3.37. The summed E-state index contributed by atoms with van der Waals surface area (Å²) in [7, 11) is 0. The molecule has 156 valence electrons. The second kappa shape index (κ2) is 9.54. The van der Waals surface area contributed by atoms with Gasteiger partial charge in [0, 0.05) is 35.5 Å². The zero-order chi connectivity index (χ0) is 21.7. The number of amides is 2.